The highest BCUT2D eigenvalue weighted by Gasteiger charge is 1.85. The summed E-state index contributed by atoms with van der Waals surface area (Å²) in [5, 5.41) is -0.0980. The van der Waals surface area contributed by atoms with Crippen LogP contribution in [0.2, 0.25) is 5.15 Å². The molecule has 0 amide bonds. The molecule has 3 nitrogen and oxygen atoms in total. The van der Waals surface area contributed by atoms with Gasteiger partial charge in [-0.3, -0.25) is 0 Å². The lowest BCUT2D eigenvalue weighted by Gasteiger charge is -1.87. The Bertz CT molecular complexity index is 215. The second-order valence-electron chi connectivity index (χ2n) is 1.12. The van der Waals surface area contributed by atoms with Crippen LogP contribution >= 0.6 is 11.6 Å². The van der Waals surface area contributed by atoms with E-state index in [-0.39, 0.29) is 23.3 Å². The average Bonchev–Trinajstić information content (AvgIpc) is 1.84. The highest BCUT2D eigenvalue weighted by molar-refractivity contribution is 6.29. The maximum atomic E-state index is 6.99. The van der Waals surface area contributed by atoms with Crippen molar-refractivity contribution >= 4 is 17.4 Å². The normalized spacial score (nSPS) is 12.6. The molecular weight excluding hydrogens is 126 g/mol. The molecule has 1 heterocycles. The third-order valence-electron chi connectivity index (χ3n) is 0.537. The number of nitrogens with zero attached hydrogens (tertiary/aromatic N) is 2. The van der Waals surface area contributed by atoms with Crippen molar-refractivity contribution in [2.45, 2.75) is 0 Å². The van der Waals surface area contributed by atoms with E-state index in [1.54, 1.807) is 0 Å². The maximum absolute atomic E-state index is 6.99. The minimum Gasteiger partial charge on any atom is -0.382 e. The average molecular weight is 132 g/mol. The molecule has 8 heavy (non-hydrogen) atoms. The van der Waals surface area contributed by atoms with Crippen LogP contribution in [-0.2, 0) is 0 Å². The molecule has 2 N–H and O–H groups in total. The predicted molar refractivity (Wildman–Crippen MR) is 31.5 cm³/mol. The van der Waals surface area contributed by atoms with Gasteiger partial charge in [0.15, 0.2) is 0 Å². The van der Waals surface area contributed by atoms with Gasteiger partial charge in [0.05, 0.1) is 15.1 Å². The molecule has 1 aromatic rings. The maximum Gasteiger partial charge on any atom is 0.147 e. The first-order valence-corrected chi connectivity index (χ1v) is 2.25. The lowest BCUT2D eigenvalue weighted by molar-refractivity contribution is 1.21. The summed E-state index contributed by atoms with van der Waals surface area (Å²) in [6.07, 6.45) is -0.392. The summed E-state index contributed by atoms with van der Waals surface area (Å²) in [5.74, 6) is -0.0746. The Morgan fingerprint density at radius 3 is 3.00 bits per heavy atom. The lowest BCUT2D eigenvalue weighted by atomic mass is 10.7. The van der Waals surface area contributed by atoms with Crippen LogP contribution in [0.25, 0.3) is 0 Å². The van der Waals surface area contributed by atoms with Gasteiger partial charge in [-0.05, 0) is 0 Å². The van der Waals surface area contributed by atoms with Crippen LogP contribution in [0.4, 0.5) is 5.82 Å². The highest BCUT2D eigenvalue weighted by Crippen LogP contribution is 2.00. The van der Waals surface area contributed by atoms with Crippen LogP contribution in [0.15, 0.2) is 12.3 Å². The van der Waals surface area contributed by atoms with Crippen molar-refractivity contribution < 1.29 is 2.74 Å². The van der Waals surface area contributed by atoms with Crippen molar-refractivity contribution in [2.75, 3.05) is 5.73 Å². The van der Waals surface area contributed by atoms with Crippen LogP contribution in [-0.4, -0.2) is 9.97 Å². The number of nitrogen functional groups attached to an aromatic ring is 1. The molecule has 0 saturated carbocycles. The van der Waals surface area contributed by atoms with E-state index in [9.17, 15) is 0 Å². The molecule has 0 radical (unpaired) electrons. The Hall–Kier alpha value is -0.830. The lowest BCUT2D eigenvalue weighted by Crippen LogP contribution is -1.89. The topological polar surface area (TPSA) is 51.8 Å². The van der Waals surface area contributed by atoms with Gasteiger partial charge in [0, 0.05) is 0 Å². The summed E-state index contributed by atoms with van der Waals surface area (Å²) >= 11 is 5.35. The number of aromatic nitrogens is 2. The van der Waals surface area contributed by atoms with Crippen molar-refractivity contribution in [3.05, 3.63) is 17.5 Å². The molecule has 0 aliphatic heterocycles. The minimum absolute atomic E-state index is 0.0746. The Morgan fingerprint density at radius 1 is 1.62 bits per heavy atom. The van der Waals surface area contributed by atoms with Crippen LogP contribution in [0.5, 0.6) is 0 Å². The quantitative estimate of drug-likeness (QED) is 0.564. The van der Waals surface area contributed by atoms with Gasteiger partial charge in [0.2, 0.25) is 0 Å². The van der Waals surface area contributed by atoms with E-state index in [2.05, 4.69) is 9.97 Å². The molecule has 0 bridgehead atoms. The van der Waals surface area contributed by atoms with Crippen LogP contribution < -0.4 is 5.73 Å². The predicted octanol–water partition coefficient (Wildman–Crippen LogP) is 0.712. The minimum atomic E-state index is -0.199. The monoisotopic (exact) mass is 131 g/mol. The Labute approximate surface area is 54.3 Å². The molecular formula is C4H4ClN3. The van der Waals surface area contributed by atoms with Gasteiger partial charge in [0.25, 0.3) is 0 Å². The van der Waals surface area contributed by atoms with Gasteiger partial charge in [-0.1, -0.05) is 11.6 Å². The summed E-state index contributed by atoms with van der Waals surface area (Å²) in [7, 11) is 0. The third-order valence-corrected chi connectivity index (χ3v) is 0.706. The van der Waals surface area contributed by atoms with E-state index < -0.39 is 0 Å². The van der Waals surface area contributed by atoms with Gasteiger partial charge >= 0.3 is 0 Å². The second-order valence-corrected chi connectivity index (χ2v) is 1.48. The van der Waals surface area contributed by atoms with Crippen molar-refractivity contribution in [3.8, 4) is 0 Å². The summed E-state index contributed by atoms with van der Waals surface area (Å²) in [6, 6.07) is 0. The smallest absolute Gasteiger partial charge is 0.147 e. The molecule has 0 aliphatic carbocycles. The van der Waals surface area contributed by atoms with Crippen molar-refractivity contribution in [3.63, 3.8) is 0 Å². The number of anilines is 1. The number of nitrogens with two attached hydrogens (primary N) is 1. The SMILES string of the molecule is [2H]c1nc(Cl)c([2H])nc1N. The van der Waals surface area contributed by atoms with E-state index >= 15 is 0 Å². The van der Waals surface area contributed by atoms with Gasteiger partial charge < -0.3 is 5.73 Å². The van der Waals surface area contributed by atoms with Crippen LogP contribution in [0, 0.1) is 0 Å². The van der Waals surface area contributed by atoms with Gasteiger partial charge in [-0.2, -0.15) is 0 Å². The van der Waals surface area contributed by atoms with Crippen LogP contribution in [0.3, 0.4) is 0 Å². The van der Waals surface area contributed by atoms with E-state index in [0.717, 1.165) is 0 Å². The van der Waals surface area contributed by atoms with Gasteiger partial charge in [-0.25, -0.2) is 9.97 Å². The molecule has 42 valence electrons. The Kier molecular flexibility index (Phi) is 0.796. The second kappa shape index (κ2) is 1.96. The molecule has 4 heteroatoms. The number of hydrogen-bond acceptors (Lipinski definition) is 3. The standard InChI is InChI=1S/C4H4ClN3/c5-3-1-8-4(6)2-7-3/h1-2H,(H2,6,8)/i1D,2D. The third kappa shape index (κ3) is 1.07. The zero-order chi connectivity index (χ0) is 7.72. The highest BCUT2D eigenvalue weighted by atomic mass is 35.5. The molecule has 0 atom stereocenters. The summed E-state index contributed by atoms with van der Waals surface area (Å²) in [4.78, 5) is 6.86. The summed E-state index contributed by atoms with van der Waals surface area (Å²) < 4.78 is 14.0. The first-order valence-electron chi connectivity index (χ1n) is 2.87. The van der Waals surface area contributed by atoms with Crippen molar-refractivity contribution in [1.82, 2.24) is 9.97 Å². The first kappa shape index (κ1) is 3.25. The first-order chi connectivity index (χ1) is 4.61. The molecule has 1 rings (SSSR count). The van der Waals surface area contributed by atoms with Crippen LogP contribution in [0.1, 0.15) is 2.74 Å². The van der Waals surface area contributed by atoms with E-state index in [1.165, 1.54) is 0 Å². The molecule has 0 aromatic carbocycles. The zero-order valence-electron chi connectivity index (χ0n) is 5.85. The van der Waals surface area contributed by atoms with Crippen molar-refractivity contribution in [1.29, 1.82) is 0 Å². The largest absolute Gasteiger partial charge is 0.382 e. The molecule has 0 unspecified atom stereocenters. The zero-order valence-corrected chi connectivity index (χ0v) is 4.61. The fourth-order valence-electron chi connectivity index (χ4n) is 0.263. The molecule has 0 aliphatic rings. The molecule has 0 spiro atoms. The summed E-state index contributed by atoms with van der Waals surface area (Å²) in [5.41, 5.74) is 5.15. The molecule has 1 aromatic heterocycles. The number of hydrogen-bond donors (Lipinski definition) is 1. The van der Waals surface area contributed by atoms with E-state index in [1.807, 2.05) is 0 Å². The Balaban J connectivity index is 3.28. The molecule has 0 saturated heterocycles. The van der Waals surface area contributed by atoms with Gasteiger partial charge in [-0.15, -0.1) is 0 Å². The van der Waals surface area contributed by atoms with Crippen molar-refractivity contribution in [2.24, 2.45) is 0 Å². The molecule has 0 fully saturated rings. The van der Waals surface area contributed by atoms with E-state index in [4.69, 9.17) is 20.1 Å². The number of halogens is 1. The fourth-order valence-corrected chi connectivity index (χ4v) is 0.347. The van der Waals surface area contributed by atoms with E-state index in [0.29, 0.717) is 0 Å². The summed E-state index contributed by atoms with van der Waals surface area (Å²) in [6.45, 7) is 0. The Morgan fingerprint density at radius 2 is 2.38 bits per heavy atom. The fraction of sp³-hybridized carbons (Fsp3) is 0. The van der Waals surface area contributed by atoms with Gasteiger partial charge in [0.1, 0.15) is 11.0 Å². The number of rotatable bonds is 0.